The lowest BCUT2D eigenvalue weighted by atomic mass is 10.2. The highest BCUT2D eigenvalue weighted by atomic mass is 16.5. The van der Waals surface area contributed by atoms with Crippen molar-refractivity contribution in [3.63, 3.8) is 0 Å². The summed E-state index contributed by atoms with van der Waals surface area (Å²) in [6, 6.07) is 15.4. The van der Waals surface area contributed by atoms with Crippen LogP contribution in [-0.2, 0) is 4.74 Å². The predicted octanol–water partition coefficient (Wildman–Crippen LogP) is 3.87. The second kappa shape index (κ2) is 10.6. The Hall–Kier alpha value is -3.28. The SMILES string of the molecule is CCOC(=O)N/N=C\c1cccc(OC)c1OC/C=C/c1ccccc1. The minimum absolute atomic E-state index is 0.280. The van der Waals surface area contributed by atoms with Gasteiger partial charge < -0.3 is 14.2 Å². The van der Waals surface area contributed by atoms with Gasteiger partial charge in [-0.05, 0) is 30.7 Å². The summed E-state index contributed by atoms with van der Waals surface area (Å²) < 4.78 is 15.9. The van der Waals surface area contributed by atoms with Gasteiger partial charge >= 0.3 is 6.09 Å². The van der Waals surface area contributed by atoms with Crippen molar-refractivity contribution in [2.24, 2.45) is 5.10 Å². The molecule has 136 valence electrons. The van der Waals surface area contributed by atoms with Crippen molar-refractivity contribution >= 4 is 18.4 Å². The number of carbonyl (C=O) groups excluding carboxylic acids is 1. The summed E-state index contributed by atoms with van der Waals surface area (Å²) in [7, 11) is 1.57. The molecule has 0 saturated carbocycles. The second-order valence-electron chi connectivity index (χ2n) is 5.09. The third-order valence-corrected chi connectivity index (χ3v) is 3.30. The first-order valence-electron chi connectivity index (χ1n) is 8.21. The highest BCUT2D eigenvalue weighted by Crippen LogP contribution is 2.30. The number of nitrogens with one attached hydrogen (secondary N) is 1. The molecule has 0 spiro atoms. The molecule has 0 aliphatic rings. The van der Waals surface area contributed by atoms with E-state index in [1.165, 1.54) is 6.21 Å². The number of carbonyl (C=O) groups is 1. The molecule has 0 saturated heterocycles. The molecule has 0 aliphatic heterocycles. The average Bonchev–Trinajstić information content (AvgIpc) is 2.67. The van der Waals surface area contributed by atoms with Crippen LogP contribution in [0, 0.1) is 0 Å². The van der Waals surface area contributed by atoms with Gasteiger partial charge in [0.15, 0.2) is 11.5 Å². The van der Waals surface area contributed by atoms with Crippen LogP contribution in [0.5, 0.6) is 11.5 Å². The largest absolute Gasteiger partial charge is 0.493 e. The highest BCUT2D eigenvalue weighted by molar-refractivity contribution is 5.85. The third-order valence-electron chi connectivity index (χ3n) is 3.30. The zero-order chi connectivity index (χ0) is 18.6. The molecule has 0 heterocycles. The maximum absolute atomic E-state index is 11.3. The summed E-state index contributed by atoms with van der Waals surface area (Å²) in [5.41, 5.74) is 4.05. The minimum Gasteiger partial charge on any atom is -0.493 e. The van der Waals surface area contributed by atoms with E-state index in [1.54, 1.807) is 20.1 Å². The number of nitrogens with zero attached hydrogens (tertiary/aromatic N) is 1. The molecule has 0 fully saturated rings. The molecule has 0 aliphatic carbocycles. The van der Waals surface area contributed by atoms with Crippen molar-refractivity contribution < 1.29 is 19.0 Å². The standard InChI is InChI=1S/C20H22N2O4/c1-3-25-20(23)22-21-15-17-12-7-13-18(24-2)19(17)26-14-8-11-16-9-5-4-6-10-16/h4-13,15H,3,14H2,1-2H3,(H,22,23)/b11-8+,21-15-. The fourth-order valence-electron chi connectivity index (χ4n) is 2.15. The quantitative estimate of drug-likeness (QED) is 0.577. The summed E-state index contributed by atoms with van der Waals surface area (Å²) >= 11 is 0. The molecule has 0 bridgehead atoms. The molecule has 2 rings (SSSR count). The number of hydrogen-bond donors (Lipinski definition) is 1. The van der Waals surface area contributed by atoms with E-state index in [4.69, 9.17) is 14.2 Å². The molecule has 0 aromatic heterocycles. The molecule has 1 amide bonds. The van der Waals surface area contributed by atoms with Gasteiger partial charge in [-0.25, -0.2) is 10.2 Å². The summed E-state index contributed by atoms with van der Waals surface area (Å²) in [6.45, 7) is 2.37. The Bertz CT molecular complexity index is 758. The van der Waals surface area contributed by atoms with Crippen LogP contribution < -0.4 is 14.9 Å². The number of amides is 1. The van der Waals surface area contributed by atoms with E-state index in [0.717, 1.165) is 5.56 Å². The van der Waals surface area contributed by atoms with E-state index < -0.39 is 6.09 Å². The summed E-state index contributed by atoms with van der Waals surface area (Å²) in [4.78, 5) is 11.3. The average molecular weight is 354 g/mol. The molecule has 0 radical (unpaired) electrons. The maximum Gasteiger partial charge on any atom is 0.427 e. The number of ether oxygens (including phenoxy) is 3. The number of methoxy groups -OCH3 is 1. The first-order chi connectivity index (χ1) is 12.7. The number of hydrogen-bond acceptors (Lipinski definition) is 5. The van der Waals surface area contributed by atoms with E-state index in [1.807, 2.05) is 54.6 Å². The Morgan fingerprint density at radius 3 is 2.69 bits per heavy atom. The monoisotopic (exact) mass is 354 g/mol. The van der Waals surface area contributed by atoms with Crippen LogP contribution in [-0.4, -0.2) is 32.6 Å². The van der Waals surface area contributed by atoms with Crippen LogP contribution in [0.15, 0.2) is 59.7 Å². The molecule has 0 atom stereocenters. The highest BCUT2D eigenvalue weighted by Gasteiger charge is 2.09. The Balaban J connectivity index is 2.04. The molecule has 6 nitrogen and oxygen atoms in total. The van der Waals surface area contributed by atoms with Gasteiger partial charge in [0.1, 0.15) is 6.61 Å². The van der Waals surface area contributed by atoms with Crippen LogP contribution >= 0.6 is 0 Å². The van der Waals surface area contributed by atoms with Crippen molar-refractivity contribution in [2.45, 2.75) is 6.92 Å². The Morgan fingerprint density at radius 2 is 1.96 bits per heavy atom. The Morgan fingerprint density at radius 1 is 1.15 bits per heavy atom. The van der Waals surface area contributed by atoms with Crippen molar-refractivity contribution in [1.29, 1.82) is 0 Å². The zero-order valence-electron chi connectivity index (χ0n) is 14.8. The first-order valence-corrected chi connectivity index (χ1v) is 8.21. The van der Waals surface area contributed by atoms with Gasteiger partial charge in [-0.1, -0.05) is 42.5 Å². The van der Waals surface area contributed by atoms with Crippen molar-refractivity contribution in [3.8, 4) is 11.5 Å². The molecule has 6 heteroatoms. The number of rotatable bonds is 8. The third kappa shape index (κ3) is 5.98. The molecule has 2 aromatic rings. The molecule has 0 unspecified atom stereocenters. The van der Waals surface area contributed by atoms with Gasteiger partial charge in [-0.3, -0.25) is 0 Å². The fraction of sp³-hybridized carbons (Fsp3) is 0.200. The van der Waals surface area contributed by atoms with Gasteiger partial charge in [0.2, 0.25) is 0 Å². The van der Waals surface area contributed by atoms with Crippen molar-refractivity contribution in [3.05, 3.63) is 65.7 Å². The number of hydrazone groups is 1. The maximum atomic E-state index is 11.3. The summed E-state index contributed by atoms with van der Waals surface area (Å²) in [5.74, 6) is 1.13. The van der Waals surface area contributed by atoms with E-state index >= 15 is 0 Å². The second-order valence-corrected chi connectivity index (χ2v) is 5.09. The van der Waals surface area contributed by atoms with Crippen LogP contribution in [0.3, 0.4) is 0 Å². The first kappa shape index (κ1) is 19.1. The van der Waals surface area contributed by atoms with E-state index in [0.29, 0.717) is 23.7 Å². The van der Waals surface area contributed by atoms with Crippen molar-refractivity contribution in [1.82, 2.24) is 5.43 Å². The molecule has 26 heavy (non-hydrogen) atoms. The lowest BCUT2D eigenvalue weighted by Crippen LogP contribution is -2.18. The molecular formula is C20H22N2O4. The van der Waals surface area contributed by atoms with Gasteiger partial charge in [-0.15, -0.1) is 0 Å². The van der Waals surface area contributed by atoms with E-state index in [9.17, 15) is 4.79 Å². The van der Waals surface area contributed by atoms with Crippen LogP contribution in [0.25, 0.3) is 6.08 Å². The molecule has 1 N–H and O–H groups in total. The van der Waals surface area contributed by atoms with Crippen molar-refractivity contribution in [2.75, 3.05) is 20.3 Å². The van der Waals surface area contributed by atoms with Crippen LogP contribution in [0.4, 0.5) is 4.79 Å². The summed E-state index contributed by atoms with van der Waals surface area (Å²) in [6.07, 6.45) is 4.76. The number of benzene rings is 2. The predicted molar refractivity (Wildman–Crippen MR) is 102 cm³/mol. The summed E-state index contributed by atoms with van der Waals surface area (Å²) in [5, 5.41) is 3.87. The normalized spacial score (nSPS) is 10.8. The fourth-order valence-corrected chi connectivity index (χ4v) is 2.15. The Kier molecular flexibility index (Phi) is 7.74. The van der Waals surface area contributed by atoms with Gasteiger partial charge in [-0.2, -0.15) is 5.10 Å². The topological polar surface area (TPSA) is 69.2 Å². The number of para-hydroxylation sites is 1. The Labute approximate surface area is 153 Å². The van der Waals surface area contributed by atoms with Gasteiger partial charge in [0, 0.05) is 5.56 Å². The zero-order valence-corrected chi connectivity index (χ0v) is 14.8. The lowest BCUT2D eigenvalue weighted by Gasteiger charge is -2.11. The van der Waals surface area contributed by atoms with E-state index in [2.05, 4.69) is 10.5 Å². The van der Waals surface area contributed by atoms with Crippen LogP contribution in [0.2, 0.25) is 0 Å². The molecule has 2 aromatic carbocycles. The van der Waals surface area contributed by atoms with Gasteiger partial charge in [0.25, 0.3) is 0 Å². The van der Waals surface area contributed by atoms with Crippen LogP contribution in [0.1, 0.15) is 18.1 Å². The van der Waals surface area contributed by atoms with E-state index in [-0.39, 0.29) is 6.61 Å². The lowest BCUT2D eigenvalue weighted by molar-refractivity contribution is 0.152. The minimum atomic E-state index is -0.611. The molecular weight excluding hydrogens is 332 g/mol. The van der Waals surface area contributed by atoms with Gasteiger partial charge in [0.05, 0.1) is 19.9 Å². The smallest absolute Gasteiger partial charge is 0.427 e.